The van der Waals surface area contributed by atoms with Crippen molar-refractivity contribution in [3.63, 3.8) is 0 Å². The smallest absolute Gasteiger partial charge is 0.149 e. The molecular weight excluding hydrogens is 238 g/mol. The highest BCUT2D eigenvalue weighted by Crippen LogP contribution is 2.21. The predicted octanol–water partition coefficient (Wildman–Crippen LogP) is 1.68. The lowest BCUT2D eigenvalue weighted by molar-refractivity contribution is 0.266. The number of anilines is 2. The van der Waals surface area contributed by atoms with Gasteiger partial charge in [0.2, 0.25) is 0 Å². The zero-order chi connectivity index (χ0) is 13.8. The van der Waals surface area contributed by atoms with Crippen LogP contribution in [0.25, 0.3) is 0 Å². The largest absolute Gasteiger partial charge is 0.396 e. The highest BCUT2D eigenvalue weighted by Gasteiger charge is 2.23. The average molecular weight is 259 g/mol. The number of likely N-dealkylation sites (tertiary alicyclic amines) is 1. The molecule has 0 aromatic carbocycles. The molecule has 19 heavy (non-hydrogen) atoms. The lowest BCUT2D eigenvalue weighted by atomic mass is 10.1. The highest BCUT2D eigenvalue weighted by molar-refractivity contribution is 5.63. The molecule has 0 aliphatic carbocycles. The molecule has 0 saturated carbocycles. The van der Waals surface area contributed by atoms with Crippen molar-refractivity contribution in [3.8, 4) is 6.07 Å². The summed E-state index contributed by atoms with van der Waals surface area (Å²) in [5.41, 5.74) is 6.91. The summed E-state index contributed by atoms with van der Waals surface area (Å²) >= 11 is 0. The maximum Gasteiger partial charge on any atom is 0.149 e. The Kier molecular flexibility index (Phi) is 4.23. The third-order valence-corrected chi connectivity index (χ3v) is 3.65. The molecule has 1 unspecified atom stereocenters. The molecule has 102 valence electrons. The second-order valence-electron chi connectivity index (χ2n) is 5.40. The van der Waals surface area contributed by atoms with Gasteiger partial charge in [0.1, 0.15) is 11.9 Å². The quantitative estimate of drug-likeness (QED) is 0.860. The molecular formula is C14H21N5. The number of hydrogen-bond acceptors (Lipinski definition) is 5. The number of rotatable bonds is 4. The first-order valence-electron chi connectivity index (χ1n) is 6.73. The van der Waals surface area contributed by atoms with Crippen LogP contribution >= 0.6 is 0 Å². The first-order chi connectivity index (χ1) is 9.10. The molecule has 2 heterocycles. The number of hydrogen-bond donors (Lipinski definition) is 2. The molecule has 1 aliphatic heterocycles. The number of pyridine rings is 1. The Balaban J connectivity index is 1.88. The Morgan fingerprint density at radius 1 is 1.63 bits per heavy atom. The molecule has 1 aromatic rings. The molecule has 0 bridgehead atoms. The Morgan fingerprint density at radius 3 is 3.00 bits per heavy atom. The van der Waals surface area contributed by atoms with E-state index in [4.69, 9.17) is 11.0 Å². The number of nitrogen functional groups attached to an aromatic ring is 1. The summed E-state index contributed by atoms with van der Waals surface area (Å²) in [6, 6.07) is 4.30. The summed E-state index contributed by atoms with van der Waals surface area (Å²) in [5.74, 6) is 1.32. The van der Waals surface area contributed by atoms with Crippen LogP contribution in [0.5, 0.6) is 0 Å². The van der Waals surface area contributed by atoms with Crippen molar-refractivity contribution >= 4 is 11.5 Å². The normalized spacial score (nSPS) is 19.6. The zero-order valence-corrected chi connectivity index (χ0v) is 11.6. The molecule has 0 amide bonds. The van der Waals surface area contributed by atoms with Gasteiger partial charge in [-0.2, -0.15) is 5.26 Å². The maximum atomic E-state index is 8.77. The van der Waals surface area contributed by atoms with E-state index in [2.05, 4.69) is 29.0 Å². The van der Waals surface area contributed by atoms with Crippen LogP contribution in [0.1, 0.15) is 25.8 Å². The third-order valence-electron chi connectivity index (χ3n) is 3.65. The molecule has 5 heteroatoms. The van der Waals surface area contributed by atoms with Crippen LogP contribution in [-0.4, -0.2) is 35.6 Å². The van der Waals surface area contributed by atoms with Crippen LogP contribution in [0.15, 0.2) is 12.3 Å². The van der Waals surface area contributed by atoms with E-state index in [1.165, 1.54) is 13.0 Å². The van der Waals surface area contributed by atoms with Gasteiger partial charge in [0, 0.05) is 25.3 Å². The van der Waals surface area contributed by atoms with Gasteiger partial charge in [-0.1, -0.05) is 0 Å². The van der Waals surface area contributed by atoms with Gasteiger partial charge in [0.05, 0.1) is 11.3 Å². The molecule has 1 aliphatic rings. The van der Waals surface area contributed by atoms with Gasteiger partial charge in [-0.3, -0.25) is 0 Å². The maximum absolute atomic E-state index is 8.77. The minimum Gasteiger partial charge on any atom is -0.396 e. The van der Waals surface area contributed by atoms with E-state index in [1.807, 2.05) is 6.07 Å². The van der Waals surface area contributed by atoms with Crippen LogP contribution in [0.2, 0.25) is 0 Å². The third kappa shape index (κ3) is 3.36. The predicted molar refractivity (Wildman–Crippen MR) is 76.7 cm³/mol. The minimum atomic E-state index is 0.495. The fourth-order valence-corrected chi connectivity index (χ4v) is 2.43. The SMILES string of the molecule is CC(C)N1CCC(CNc2ncc(C#N)cc2N)C1. The fraction of sp³-hybridized carbons (Fsp3) is 0.571. The minimum absolute atomic E-state index is 0.495. The van der Waals surface area contributed by atoms with Gasteiger partial charge in [0.15, 0.2) is 0 Å². The van der Waals surface area contributed by atoms with Crippen molar-refractivity contribution in [2.24, 2.45) is 5.92 Å². The van der Waals surface area contributed by atoms with E-state index in [0.29, 0.717) is 29.0 Å². The van der Waals surface area contributed by atoms with E-state index in [1.54, 1.807) is 12.3 Å². The Bertz CT molecular complexity index is 477. The van der Waals surface area contributed by atoms with Crippen molar-refractivity contribution in [3.05, 3.63) is 17.8 Å². The Hall–Kier alpha value is -1.80. The lowest BCUT2D eigenvalue weighted by Crippen LogP contribution is -2.29. The molecule has 3 N–H and O–H groups in total. The van der Waals surface area contributed by atoms with Crippen molar-refractivity contribution in [2.75, 3.05) is 30.7 Å². The van der Waals surface area contributed by atoms with Crippen LogP contribution in [-0.2, 0) is 0 Å². The second kappa shape index (κ2) is 5.89. The number of nitrogens with two attached hydrogens (primary N) is 1. The fourth-order valence-electron chi connectivity index (χ4n) is 2.43. The van der Waals surface area contributed by atoms with E-state index < -0.39 is 0 Å². The van der Waals surface area contributed by atoms with Crippen molar-refractivity contribution in [1.29, 1.82) is 5.26 Å². The number of nitrogens with one attached hydrogen (secondary N) is 1. The first-order valence-corrected chi connectivity index (χ1v) is 6.73. The van der Waals surface area contributed by atoms with Gasteiger partial charge in [0.25, 0.3) is 0 Å². The Labute approximate surface area is 114 Å². The number of nitriles is 1. The van der Waals surface area contributed by atoms with Gasteiger partial charge in [-0.25, -0.2) is 4.98 Å². The number of aromatic nitrogens is 1. The summed E-state index contributed by atoms with van der Waals surface area (Å²) in [6.45, 7) is 7.64. The number of nitrogens with zero attached hydrogens (tertiary/aromatic N) is 3. The molecule has 1 saturated heterocycles. The van der Waals surface area contributed by atoms with Crippen molar-refractivity contribution in [1.82, 2.24) is 9.88 Å². The van der Waals surface area contributed by atoms with Crippen LogP contribution in [0.4, 0.5) is 11.5 Å². The van der Waals surface area contributed by atoms with Gasteiger partial charge in [-0.05, 0) is 38.8 Å². The molecule has 0 radical (unpaired) electrons. The second-order valence-corrected chi connectivity index (χ2v) is 5.40. The van der Waals surface area contributed by atoms with E-state index in [9.17, 15) is 0 Å². The molecule has 0 spiro atoms. The summed E-state index contributed by atoms with van der Waals surface area (Å²) in [5, 5.41) is 12.1. The van der Waals surface area contributed by atoms with Crippen molar-refractivity contribution < 1.29 is 0 Å². The topological polar surface area (TPSA) is 78.0 Å². The zero-order valence-electron chi connectivity index (χ0n) is 11.6. The van der Waals surface area contributed by atoms with Crippen LogP contribution in [0.3, 0.4) is 0 Å². The molecule has 1 aromatic heterocycles. The summed E-state index contributed by atoms with van der Waals surface area (Å²) in [6.07, 6.45) is 2.76. The molecule has 1 fully saturated rings. The molecule has 5 nitrogen and oxygen atoms in total. The standard InChI is InChI=1S/C14H21N5/c1-10(2)19-4-3-11(9-19)7-17-14-13(16)5-12(6-15)8-18-14/h5,8,10-11H,3-4,7,9,16H2,1-2H3,(H,17,18). The first kappa shape index (κ1) is 13.6. The average Bonchev–Trinajstić information content (AvgIpc) is 2.86. The Morgan fingerprint density at radius 2 is 2.42 bits per heavy atom. The van der Waals surface area contributed by atoms with Crippen molar-refractivity contribution in [2.45, 2.75) is 26.3 Å². The highest BCUT2D eigenvalue weighted by atomic mass is 15.2. The summed E-state index contributed by atoms with van der Waals surface area (Å²) < 4.78 is 0. The lowest BCUT2D eigenvalue weighted by Gasteiger charge is -2.20. The van der Waals surface area contributed by atoms with Gasteiger partial charge in [-0.15, -0.1) is 0 Å². The monoisotopic (exact) mass is 259 g/mol. The van der Waals surface area contributed by atoms with E-state index in [0.717, 1.165) is 13.1 Å². The molecule has 2 rings (SSSR count). The van der Waals surface area contributed by atoms with E-state index >= 15 is 0 Å². The van der Waals surface area contributed by atoms with Crippen LogP contribution in [0, 0.1) is 17.2 Å². The van der Waals surface area contributed by atoms with Gasteiger partial charge < -0.3 is 16.0 Å². The molecule has 1 atom stereocenters. The summed E-state index contributed by atoms with van der Waals surface area (Å²) in [7, 11) is 0. The summed E-state index contributed by atoms with van der Waals surface area (Å²) in [4.78, 5) is 6.68. The van der Waals surface area contributed by atoms with Crippen LogP contribution < -0.4 is 11.1 Å². The van der Waals surface area contributed by atoms with E-state index in [-0.39, 0.29) is 0 Å². The van der Waals surface area contributed by atoms with Gasteiger partial charge >= 0.3 is 0 Å².